The Morgan fingerprint density at radius 3 is 2.60 bits per heavy atom. The first-order valence-corrected chi connectivity index (χ1v) is 8.87. The Morgan fingerprint density at radius 1 is 1.20 bits per heavy atom. The highest BCUT2D eigenvalue weighted by Gasteiger charge is 2.30. The largest absolute Gasteiger partial charge is 0.495 e. The zero-order valence-corrected chi connectivity index (χ0v) is 15.3. The second kappa shape index (κ2) is 7.79. The maximum atomic E-state index is 12.3. The van der Waals surface area contributed by atoms with E-state index in [1.54, 1.807) is 7.11 Å². The summed E-state index contributed by atoms with van der Waals surface area (Å²) >= 11 is 5.95. The number of carbonyl (C=O) groups excluding carboxylic acids is 1. The van der Waals surface area contributed by atoms with Gasteiger partial charge in [0.25, 0.3) is 0 Å². The third-order valence-corrected chi connectivity index (χ3v) is 4.98. The Morgan fingerprint density at radius 2 is 1.92 bits per heavy atom. The van der Waals surface area contributed by atoms with E-state index in [0.717, 1.165) is 29.8 Å². The zero-order chi connectivity index (χ0) is 17.8. The summed E-state index contributed by atoms with van der Waals surface area (Å²) in [5.41, 5.74) is 3.27. The van der Waals surface area contributed by atoms with E-state index in [4.69, 9.17) is 16.3 Å². The van der Waals surface area contributed by atoms with Crippen LogP contribution in [0.25, 0.3) is 0 Å². The fourth-order valence-corrected chi connectivity index (χ4v) is 3.48. The molecule has 0 bridgehead atoms. The molecule has 0 aliphatic carbocycles. The summed E-state index contributed by atoms with van der Waals surface area (Å²) in [6, 6.07) is 14.1. The van der Waals surface area contributed by atoms with Gasteiger partial charge in [-0.05, 0) is 48.2 Å². The van der Waals surface area contributed by atoms with Crippen LogP contribution in [0.15, 0.2) is 42.5 Å². The van der Waals surface area contributed by atoms with Gasteiger partial charge in [-0.25, -0.2) is 0 Å². The standard InChI is InChI=1S/C20H23ClN2O2/c1-22-18-12-15(5-9-19(18)25-2)11-17-8-10-20(24)23(17)13-14-3-6-16(21)7-4-14/h3-7,9,12,17,22H,8,10-11,13H2,1-2H3/t17-/m0/s1. The Labute approximate surface area is 153 Å². The summed E-state index contributed by atoms with van der Waals surface area (Å²) in [4.78, 5) is 14.3. The first-order valence-electron chi connectivity index (χ1n) is 8.49. The van der Waals surface area contributed by atoms with Crippen molar-refractivity contribution in [3.05, 3.63) is 58.6 Å². The molecule has 3 rings (SSSR count). The van der Waals surface area contributed by atoms with E-state index in [-0.39, 0.29) is 11.9 Å². The molecule has 1 N–H and O–H groups in total. The molecular weight excluding hydrogens is 336 g/mol. The summed E-state index contributed by atoms with van der Waals surface area (Å²) < 4.78 is 5.35. The van der Waals surface area contributed by atoms with Crippen LogP contribution in [-0.4, -0.2) is 31.0 Å². The Bertz CT molecular complexity index is 746. The third-order valence-electron chi connectivity index (χ3n) is 4.72. The molecule has 0 saturated carbocycles. The monoisotopic (exact) mass is 358 g/mol. The highest BCUT2D eigenvalue weighted by molar-refractivity contribution is 6.30. The van der Waals surface area contributed by atoms with Crippen LogP contribution in [0.4, 0.5) is 5.69 Å². The van der Waals surface area contributed by atoms with Gasteiger partial charge in [0.15, 0.2) is 0 Å². The van der Waals surface area contributed by atoms with Gasteiger partial charge in [-0.3, -0.25) is 4.79 Å². The smallest absolute Gasteiger partial charge is 0.223 e. The van der Waals surface area contributed by atoms with Crippen molar-refractivity contribution in [3.8, 4) is 5.75 Å². The number of halogens is 1. The number of anilines is 1. The number of likely N-dealkylation sites (tertiary alicyclic amines) is 1. The number of benzene rings is 2. The second-order valence-electron chi connectivity index (χ2n) is 6.33. The molecule has 2 aromatic carbocycles. The van der Waals surface area contributed by atoms with Crippen molar-refractivity contribution in [2.45, 2.75) is 31.8 Å². The number of hydrogen-bond acceptors (Lipinski definition) is 3. The van der Waals surface area contributed by atoms with E-state index in [9.17, 15) is 4.79 Å². The molecule has 0 aromatic heterocycles. The molecule has 1 atom stereocenters. The maximum absolute atomic E-state index is 12.3. The number of nitrogens with zero attached hydrogens (tertiary/aromatic N) is 1. The number of rotatable bonds is 6. The minimum absolute atomic E-state index is 0.223. The minimum Gasteiger partial charge on any atom is -0.495 e. The lowest BCUT2D eigenvalue weighted by Crippen LogP contribution is -2.33. The van der Waals surface area contributed by atoms with E-state index in [2.05, 4.69) is 17.4 Å². The lowest BCUT2D eigenvalue weighted by Gasteiger charge is -2.25. The molecular formula is C20H23ClN2O2. The van der Waals surface area contributed by atoms with Crippen LogP contribution in [0.3, 0.4) is 0 Å². The molecule has 1 amide bonds. The summed E-state index contributed by atoms with van der Waals surface area (Å²) in [6.07, 6.45) is 2.36. The van der Waals surface area contributed by atoms with Crippen LogP contribution in [0, 0.1) is 0 Å². The highest BCUT2D eigenvalue weighted by atomic mass is 35.5. The van der Waals surface area contributed by atoms with E-state index in [1.807, 2.05) is 42.3 Å². The molecule has 25 heavy (non-hydrogen) atoms. The van der Waals surface area contributed by atoms with Crippen molar-refractivity contribution in [2.75, 3.05) is 19.5 Å². The molecule has 132 valence electrons. The average Bonchev–Trinajstić information content (AvgIpc) is 2.96. The van der Waals surface area contributed by atoms with Crippen molar-refractivity contribution in [2.24, 2.45) is 0 Å². The molecule has 1 heterocycles. The lowest BCUT2D eigenvalue weighted by atomic mass is 10.0. The number of amides is 1. The average molecular weight is 359 g/mol. The van der Waals surface area contributed by atoms with Crippen LogP contribution >= 0.6 is 11.6 Å². The fraction of sp³-hybridized carbons (Fsp3) is 0.350. The SMILES string of the molecule is CNc1cc(C[C@@H]2CCC(=O)N2Cc2ccc(Cl)cc2)ccc1OC. The number of ether oxygens (including phenoxy) is 1. The first-order chi connectivity index (χ1) is 12.1. The van der Waals surface area contributed by atoms with Gasteiger partial charge in [0.1, 0.15) is 5.75 Å². The van der Waals surface area contributed by atoms with Crippen molar-refractivity contribution < 1.29 is 9.53 Å². The van der Waals surface area contributed by atoms with Gasteiger partial charge in [-0.2, -0.15) is 0 Å². The zero-order valence-electron chi connectivity index (χ0n) is 14.6. The first kappa shape index (κ1) is 17.6. The van der Waals surface area contributed by atoms with Gasteiger partial charge >= 0.3 is 0 Å². The Hall–Kier alpha value is -2.20. The van der Waals surface area contributed by atoms with Crippen molar-refractivity contribution in [1.82, 2.24) is 4.90 Å². The third kappa shape index (κ3) is 4.07. The van der Waals surface area contributed by atoms with Gasteiger partial charge in [-0.1, -0.05) is 29.8 Å². The number of carbonyl (C=O) groups is 1. The molecule has 5 heteroatoms. The normalized spacial score (nSPS) is 17.0. The van der Waals surface area contributed by atoms with E-state index in [1.165, 1.54) is 5.56 Å². The van der Waals surface area contributed by atoms with Gasteiger partial charge in [-0.15, -0.1) is 0 Å². The summed E-state index contributed by atoms with van der Waals surface area (Å²) in [5.74, 6) is 1.05. The molecule has 0 spiro atoms. The minimum atomic E-state index is 0.223. The predicted molar refractivity (Wildman–Crippen MR) is 101 cm³/mol. The van der Waals surface area contributed by atoms with E-state index >= 15 is 0 Å². The van der Waals surface area contributed by atoms with Crippen molar-refractivity contribution >= 4 is 23.2 Å². The molecule has 1 saturated heterocycles. The van der Waals surface area contributed by atoms with Crippen LogP contribution < -0.4 is 10.1 Å². The molecule has 0 radical (unpaired) electrons. The van der Waals surface area contributed by atoms with Crippen molar-refractivity contribution in [3.63, 3.8) is 0 Å². The summed E-state index contributed by atoms with van der Waals surface area (Å²) in [7, 11) is 3.55. The highest BCUT2D eigenvalue weighted by Crippen LogP contribution is 2.29. The molecule has 2 aromatic rings. The van der Waals surface area contributed by atoms with Gasteiger partial charge < -0.3 is 15.0 Å². The topological polar surface area (TPSA) is 41.6 Å². The van der Waals surface area contributed by atoms with Crippen molar-refractivity contribution in [1.29, 1.82) is 0 Å². The molecule has 0 unspecified atom stereocenters. The van der Waals surface area contributed by atoms with Gasteiger partial charge in [0.2, 0.25) is 5.91 Å². The van der Waals surface area contributed by atoms with Gasteiger partial charge in [0.05, 0.1) is 12.8 Å². The quantitative estimate of drug-likeness (QED) is 0.844. The number of hydrogen-bond donors (Lipinski definition) is 1. The predicted octanol–water partition coefficient (Wildman–Crippen LogP) is 4.12. The molecule has 4 nitrogen and oxygen atoms in total. The molecule has 1 fully saturated rings. The lowest BCUT2D eigenvalue weighted by molar-refractivity contribution is -0.129. The molecule has 1 aliphatic heterocycles. The summed E-state index contributed by atoms with van der Waals surface area (Å²) in [5, 5.41) is 3.87. The van der Waals surface area contributed by atoms with Crippen LogP contribution in [0.2, 0.25) is 5.02 Å². The maximum Gasteiger partial charge on any atom is 0.223 e. The Balaban J connectivity index is 1.74. The van der Waals surface area contributed by atoms with Gasteiger partial charge in [0, 0.05) is 31.1 Å². The molecule has 1 aliphatic rings. The van der Waals surface area contributed by atoms with Crippen LogP contribution in [0.1, 0.15) is 24.0 Å². The van der Waals surface area contributed by atoms with Crippen LogP contribution in [0.5, 0.6) is 5.75 Å². The second-order valence-corrected chi connectivity index (χ2v) is 6.77. The Kier molecular flexibility index (Phi) is 5.49. The van der Waals surface area contributed by atoms with E-state index in [0.29, 0.717) is 18.0 Å². The van der Waals surface area contributed by atoms with E-state index < -0.39 is 0 Å². The number of methoxy groups -OCH3 is 1. The summed E-state index contributed by atoms with van der Waals surface area (Å²) in [6.45, 7) is 0.635. The number of nitrogens with one attached hydrogen (secondary N) is 1. The van der Waals surface area contributed by atoms with Crippen LogP contribution in [-0.2, 0) is 17.8 Å². The fourth-order valence-electron chi connectivity index (χ4n) is 3.36.